The maximum atomic E-state index is 12.6. The molecule has 3 aromatic rings. The van der Waals surface area contributed by atoms with Crippen LogP contribution < -0.4 is 19.3 Å². The zero-order valence-corrected chi connectivity index (χ0v) is 21.2. The fourth-order valence-electron chi connectivity index (χ4n) is 3.52. The number of allylic oxidation sites excluding steroid dienone is 3. The van der Waals surface area contributed by atoms with Crippen LogP contribution in [0.2, 0.25) is 0 Å². The van der Waals surface area contributed by atoms with Crippen molar-refractivity contribution >= 4 is 21.2 Å². The quantitative estimate of drug-likeness (QED) is 0.448. The van der Waals surface area contributed by atoms with E-state index >= 15 is 0 Å². The fraction of sp³-hybridized carbons (Fsp3) is 0.160. The third kappa shape index (κ3) is 5.45. The van der Waals surface area contributed by atoms with Gasteiger partial charge in [0.1, 0.15) is 5.69 Å². The summed E-state index contributed by atoms with van der Waals surface area (Å²) in [7, 11) is -1.39. The Labute approximate surface area is 214 Å². The minimum Gasteiger partial charge on any atom is -0.493 e. The van der Waals surface area contributed by atoms with Crippen molar-refractivity contribution < 1.29 is 27.8 Å². The van der Waals surface area contributed by atoms with Crippen molar-refractivity contribution in [1.82, 2.24) is 20.0 Å². The molecule has 0 atom stereocenters. The number of aromatic nitrogens is 3. The first kappa shape index (κ1) is 25.8. The molecule has 0 saturated carbocycles. The Bertz CT molecular complexity index is 1530. The maximum absolute atomic E-state index is 12.6. The number of para-hydroxylation sites is 2. The molecule has 0 aliphatic carbocycles. The van der Waals surface area contributed by atoms with E-state index in [1.165, 1.54) is 26.6 Å². The van der Waals surface area contributed by atoms with Gasteiger partial charge in [0, 0.05) is 23.5 Å². The van der Waals surface area contributed by atoms with Gasteiger partial charge in [0.05, 0.1) is 20.8 Å². The Morgan fingerprint density at radius 3 is 2.49 bits per heavy atom. The predicted molar refractivity (Wildman–Crippen MR) is 137 cm³/mol. The lowest BCUT2D eigenvalue weighted by Gasteiger charge is -2.19. The minimum atomic E-state index is -4.28. The van der Waals surface area contributed by atoms with Crippen LogP contribution >= 0.6 is 0 Å². The number of ether oxygens (including phenoxy) is 3. The van der Waals surface area contributed by atoms with Crippen LogP contribution in [-0.2, 0) is 10.0 Å². The van der Waals surface area contributed by atoms with E-state index in [-0.39, 0.29) is 35.3 Å². The second-order valence-corrected chi connectivity index (χ2v) is 9.46. The van der Waals surface area contributed by atoms with Gasteiger partial charge in [-0.05, 0) is 42.3 Å². The van der Waals surface area contributed by atoms with Gasteiger partial charge in [-0.15, -0.1) is 0 Å². The van der Waals surface area contributed by atoms with Gasteiger partial charge in [0.15, 0.2) is 22.3 Å². The Kier molecular flexibility index (Phi) is 7.25. The molecule has 1 aliphatic rings. The number of rotatable bonds is 8. The molecule has 0 bridgehead atoms. The highest BCUT2D eigenvalue weighted by molar-refractivity contribution is 7.89. The third-order valence-electron chi connectivity index (χ3n) is 5.36. The molecule has 192 valence electrons. The van der Waals surface area contributed by atoms with E-state index in [1.807, 2.05) is 0 Å². The number of nitrogens with two attached hydrogens (primary N) is 1. The van der Waals surface area contributed by atoms with Gasteiger partial charge < -0.3 is 14.2 Å². The molecule has 11 nitrogen and oxygen atoms in total. The van der Waals surface area contributed by atoms with Crippen molar-refractivity contribution in [2.24, 2.45) is 5.14 Å². The molecule has 0 spiro atoms. The van der Waals surface area contributed by atoms with Crippen LogP contribution in [0.3, 0.4) is 0 Å². The lowest BCUT2D eigenvalue weighted by atomic mass is 10.1. The molecule has 12 heteroatoms. The topological polar surface area (TPSA) is 150 Å². The highest BCUT2D eigenvalue weighted by atomic mass is 32.2. The average molecular weight is 524 g/mol. The summed E-state index contributed by atoms with van der Waals surface area (Å²) in [6.07, 6.45) is 6.12. The summed E-state index contributed by atoms with van der Waals surface area (Å²) in [5, 5.41) is 15.8. The van der Waals surface area contributed by atoms with Crippen LogP contribution in [0.4, 0.5) is 0 Å². The van der Waals surface area contributed by atoms with Crippen molar-refractivity contribution in [2.45, 2.75) is 11.9 Å². The van der Waals surface area contributed by atoms with Crippen LogP contribution in [-0.4, -0.2) is 54.4 Å². The number of nitrogens with zero attached hydrogens (tertiary/aromatic N) is 4. The number of benzene rings is 1. The smallest absolute Gasteiger partial charge is 0.261 e. The molecule has 4 rings (SSSR count). The summed E-state index contributed by atoms with van der Waals surface area (Å²) in [6, 6.07) is 8.46. The van der Waals surface area contributed by atoms with Crippen molar-refractivity contribution in [3.05, 3.63) is 72.8 Å². The summed E-state index contributed by atoms with van der Waals surface area (Å²) in [6.45, 7) is 5.88. The highest BCUT2D eigenvalue weighted by Crippen LogP contribution is 2.43. The Balaban J connectivity index is 2.05. The SMILES string of the molecule is C=C(C)c1cnc(S(N)(=O)=O)c(-c2nc(C3=CCN(O)C=C3)nc(OC)c2Oc2ccccc2OC)c1. The Hall–Kier alpha value is -4.26. The van der Waals surface area contributed by atoms with E-state index in [2.05, 4.69) is 21.5 Å². The normalized spacial score (nSPS) is 13.2. The first-order chi connectivity index (χ1) is 17.6. The zero-order valence-electron chi connectivity index (χ0n) is 20.4. The molecule has 1 aliphatic heterocycles. The molecule has 0 fully saturated rings. The number of sulfonamides is 1. The van der Waals surface area contributed by atoms with Gasteiger partial charge in [-0.1, -0.05) is 24.8 Å². The predicted octanol–water partition coefficient (Wildman–Crippen LogP) is 3.63. The molecule has 2 aromatic heterocycles. The lowest BCUT2D eigenvalue weighted by Crippen LogP contribution is -2.17. The van der Waals surface area contributed by atoms with Gasteiger partial charge in [0.2, 0.25) is 5.75 Å². The molecule has 3 N–H and O–H groups in total. The number of hydrogen-bond acceptors (Lipinski definition) is 10. The van der Waals surface area contributed by atoms with Crippen LogP contribution in [0.25, 0.3) is 22.4 Å². The monoisotopic (exact) mass is 523 g/mol. The number of primary sulfonamides is 1. The summed E-state index contributed by atoms with van der Waals surface area (Å²) in [4.78, 5) is 13.3. The molecule has 0 radical (unpaired) electrons. The van der Waals surface area contributed by atoms with Gasteiger partial charge in [-0.2, -0.15) is 4.98 Å². The summed E-state index contributed by atoms with van der Waals surface area (Å²) < 4.78 is 42.3. The minimum absolute atomic E-state index is 0.0190. The molecule has 1 aromatic carbocycles. The summed E-state index contributed by atoms with van der Waals surface area (Å²) in [5.74, 6) is 0.971. The number of methoxy groups -OCH3 is 2. The number of hydrogen-bond donors (Lipinski definition) is 2. The van der Waals surface area contributed by atoms with Gasteiger partial charge >= 0.3 is 0 Å². The molecule has 3 heterocycles. The Morgan fingerprint density at radius 1 is 1.16 bits per heavy atom. The fourth-order valence-corrected chi connectivity index (χ4v) is 4.18. The maximum Gasteiger partial charge on any atom is 0.261 e. The summed E-state index contributed by atoms with van der Waals surface area (Å²) in [5.41, 5.74) is 1.91. The standard InChI is InChI=1S/C25H25N5O6S/c1-15(2)17-13-18(25(27-14-17)37(26,32)33)21-22(36-20-8-6-5-7-19(20)34-3)24(35-4)29-23(28-21)16-9-11-30(31)12-10-16/h5-11,13-14,31H,1,12H2,2-4H3,(H2,26,32,33). The van der Waals surface area contributed by atoms with Gasteiger partial charge in [-0.3, -0.25) is 10.3 Å². The first-order valence-electron chi connectivity index (χ1n) is 10.9. The molecular weight excluding hydrogens is 498 g/mol. The lowest BCUT2D eigenvalue weighted by molar-refractivity contribution is -0.0299. The van der Waals surface area contributed by atoms with Crippen LogP contribution in [0.15, 0.2) is 66.5 Å². The van der Waals surface area contributed by atoms with Crippen LogP contribution in [0.5, 0.6) is 23.1 Å². The van der Waals surface area contributed by atoms with Gasteiger partial charge in [0.25, 0.3) is 15.9 Å². The van der Waals surface area contributed by atoms with E-state index < -0.39 is 15.0 Å². The van der Waals surface area contributed by atoms with Crippen LogP contribution in [0, 0.1) is 0 Å². The largest absolute Gasteiger partial charge is 0.493 e. The van der Waals surface area contributed by atoms with E-state index in [0.717, 1.165) is 5.06 Å². The zero-order chi connectivity index (χ0) is 26.7. The molecular formula is C25H25N5O6S. The number of hydroxylamine groups is 2. The van der Waals surface area contributed by atoms with E-state index in [0.29, 0.717) is 28.2 Å². The van der Waals surface area contributed by atoms with Crippen molar-refractivity contribution in [2.75, 3.05) is 20.8 Å². The van der Waals surface area contributed by atoms with Gasteiger partial charge in [-0.25, -0.2) is 23.5 Å². The second kappa shape index (κ2) is 10.4. The van der Waals surface area contributed by atoms with Crippen molar-refractivity contribution in [3.63, 3.8) is 0 Å². The molecule has 0 saturated heterocycles. The van der Waals surface area contributed by atoms with E-state index in [1.54, 1.807) is 49.4 Å². The summed E-state index contributed by atoms with van der Waals surface area (Å²) >= 11 is 0. The second-order valence-electron chi connectivity index (χ2n) is 7.99. The van der Waals surface area contributed by atoms with E-state index in [4.69, 9.17) is 19.3 Å². The van der Waals surface area contributed by atoms with Crippen LogP contribution in [0.1, 0.15) is 18.3 Å². The van der Waals surface area contributed by atoms with E-state index in [9.17, 15) is 13.6 Å². The molecule has 37 heavy (non-hydrogen) atoms. The Morgan fingerprint density at radius 2 is 1.89 bits per heavy atom. The highest BCUT2D eigenvalue weighted by Gasteiger charge is 2.27. The first-order valence-corrected chi connectivity index (χ1v) is 12.5. The average Bonchev–Trinajstić information content (AvgIpc) is 2.88. The third-order valence-corrected chi connectivity index (χ3v) is 6.22. The van der Waals surface area contributed by atoms with Crippen molar-refractivity contribution in [1.29, 1.82) is 0 Å². The number of pyridine rings is 1. The van der Waals surface area contributed by atoms with Crippen molar-refractivity contribution in [3.8, 4) is 34.4 Å². The molecule has 0 amide bonds. The molecule has 0 unspecified atom stereocenters.